The molecule has 1 unspecified atom stereocenters. The molecule has 0 saturated carbocycles. The SMILES string of the molecule is C=CC(N)=C(C=NCc1ccc(CC)cc1)C(C)c1ccc(Cl)cc1. The highest BCUT2D eigenvalue weighted by atomic mass is 35.5. The zero-order valence-electron chi connectivity index (χ0n) is 14.9. The first-order valence-electron chi connectivity index (χ1n) is 8.50. The molecular weight excluding hydrogens is 328 g/mol. The number of aliphatic imine (C=N–C) groups is 1. The molecule has 0 fully saturated rings. The lowest BCUT2D eigenvalue weighted by atomic mass is 9.92. The molecule has 2 N–H and O–H groups in total. The molecule has 2 aromatic rings. The first-order chi connectivity index (χ1) is 12.0. The fourth-order valence-corrected chi connectivity index (χ4v) is 2.74. The second kappa shape index (κ2) is 9.24. The van der Waals surface area contributed by atoms with Crippen molar-refractivity contribution in [1.29, 1.82) is 0 Å². The molecule has 2 nitrogen and oxygen atoms in total. The van der Waals surface area contributed by atoms with Crippen LogP contribution in [0.1, 0.15) is 36.5 Å². The Kier molecular flexibility index (Phi) is 7.03. The van der Waals surface area contributed by atoms with Crippen molar-refractivity contribution in [1.82, 2.24) is 0 Å². The Morgan fingerprint density at radius 2 is 1.72 bits per heavy atom. The maximum absolute atomic E-state index is 6.15. The molecule has 0 aliphatic rings. The largest absolute Gasteiger partial charge is 0.398 e. The van der Waals surface area contributed by atoms with Crippen molar-refractivity contribution in [3.63, 3.8) is 0 Å². The Morgan fingerprint density at radius 3 is 2.28 bits per heavy atom. The van der Waals surface area contributed by atoms with E-state index in [2.05, 4.69) is 49.7 Å². The van der Waals surface area contributed by atoms with Gasteiger partial charge in [0.05, 0.1) is 6.54 Å². The maximum Gasteiger partial charge on any atom is 0.0639 e. The number of hydrogen-bond acceptors (Lipinski definition) is 2. The number of nitrogens with two attached hydrogens (primary N) is 1. The number of nitrogens with zero attached hydrogens (tertiary/aromatic N) is 1. The van der Waals surface area contributed by atoms with Gasteiger partial charge in [0, 0.05) is 28.4 Å². The van der Waals surface area contributed by atoms with Gasteiger partial charge in [0.2, 0.25) is 0 Å². The van der Waals surface area contributed by atoms with E-state index in [4.69, 9.17) is 17.3 Å². The van der Waals surface area contributed by atoms with Crippen LogP contribution in [0.15, 0.2) is 77.4 Å². The molecule has 1 atom stereocenters. The van der Waals surface area contributed by atoms with Crippen LogP contribution in [0, 0.1) is 0 Å². The first-order valence-corrected chi connectivity index (χ1v) is 8.88. The molecule has 0 aliphatic heterocycles. The molecule has 0 spiro atoms. The van der Waals surface area contributed by atoms with E-state index in [-0.39, 0.29) is 5.92 Å². The summed E-state index contributed by atoms with van der Waals surface area (Å²) in [4.78, 5) is 4.59. The average molecular weight is 353 g/mol. The minimum atomic E-state index is 0.112. The fourth-order valence-electron chi connectivity index (χ4n) is 2.61. The third-order valence-corrected chi connectivity index (χ3v) is 4.58. The van der Waals surface area contributed by atoms with Crippen LogP contribution in [-0.4, -0.2) is 6.21 Å². The van der Waals surface area contributed by atoms with Crippen LogP contribution in [0.2, 0.25) is 5.02 Å². The zero-order chi connectivity index (χ0) is 18.2. The summed E-state index contributed by atoms with van der Waals surface area (Å²) in [5, 5.41) is 0.724. The summed E-state index contributed by atoms with van der Waals surface area (Å²) in [5.74, 6) is 0.112. The minimum absolute atomic E-state index is 0.112. The molecule has 130 valence electrons. The van der Waals surface area contributed by atoms with Crippen molar-refractivity contribution in [3.05, 3.63) is 94.2 Å². The van der Waals surface area contributed by atoms with Gasteiger partial charge in [0.1, 0.15) is 0 Å². The van der Waals surface area contributed by atoms with Gasteiger partial charge < -0.3 is 5.73 Å². The van der Waals surface area contributed by atoms with E-state index in [1.54, 1.807) is 6.08 Å². The highest BCUT2D eigenvalue weighted by Gasteiger charge is 2.12. The van der Waals surface area contributed by atoms with Crippen LogP contribution in [0.25, 0.3) is 0 Å². The van der Waals surface area contributed by atoms with E-state index < -0.39 is 0 Å². The number of benzene rings is 2. The second-order valence-corrected chi connectivity index (χ2v) is 6.46. The molecule has 2 rings (SSSR count). The molecule has 0 saturated heterocycles. The summed E-state index contributed by atoms with van der Waals surface area (Å²) in [7, 11) is 0. The maximum atomic E-state index is 6.15. The summed E-state index contributed by atoms with van der Waals surface area (Å²) in [6.07, 6.45) is 4.58. The first kappa shape index (κ1) is 19.0. The number of hydrogen-bond donors (Lipinski definition) is 1. The minimum Gasteiger partial charge on any atom is -0.398 e. The summed E-state index contributed by atoms with van der Waals surface area (Å²) < 4.78 is 0. The van der Waals surface area contributed by atoms with Crippen molar-refractivity contribution < 1.29 is 0 Å². The summed E-state index contributed by atoms with van der Waals surface area (Å²) >= 11 is 5.98. The van der Waals surface area contributed by atoms with Gasteiger partial charge >= 0.3 is 0 Å². The van der Waals surface area contributed by atoms with Gasteiger partial charge in [-0.3, -0.25) is 4.99 Å². The van der Waals surface area contributed by atoms with Crippen molar-refractivity contribution in [2.24, 2.45) is 10.7 Å². The second-order valence-electron chi connectivity index (χ2n) is 6.03. The number of halogens is 1. The van der Waals surface area contributed by atoms with Gasteiger partial charge in [0.25, 0.3) is 0 Å². The molecule has 2 aromatic carbocycles. The fraction of sp³-hybridized carbons (Fsp3) is 0.227. The molecule has 25 heavy (non-hydrogen) atoms. The molecule has 3 heteroatoms. The third-order valence-electron chi connectivity index (χ3n) is 4.33. The Bertz CT molecular complexity index is 756. The van der Waals surface area contributed by atoms with Gasteiger partial charge in [-0.2, -0.15) is 0 Å². The van der Waals surface area contributed by atoms with Gasteiger partial charge in [-0.25, -0.2) is 0 Å². The molecule has 0 radical (unpaired) electrons. The quantitative estimate of drug-likeness (QED) is 0.505. The predicted octanol–water partition coefficient (Wildman–Crippen LogP) is 5.68. The van der Waals surface area contributed by atoms with Crippen LogP contribution in [-0.2, 0) is 13.0 Å². The van der Waals surface area contributed by atoms with Gasteiger partial charge in [-0.1, -0.05) is 68.4 Å². The van der Waals surface area contributed by atoms with E-state index in [1.165, 1.54) is 11.1 Å². The Balaban J connectivity index is 2.17. The number of allylic oxidation sites excluding steroid dienone is 2. The normalized spacial score (nSPS) is 13.6. The van der Waals surface area contributed by atoms with Crippen molar-refractivity contribution in [3.8, 4) is 0 Å². The van der Waals surface area contributed by atoms with Gasteiger partial charge in [-0.15, -0.1) is 0 Å². The van der Waals surface area contributed by atoms with E-state index >= 15 is 0 Å². The Morgan fingerprint density at radius 1 is 1.12 bits per heavy atom. The van der Waals surface area contributed by atoms with Crippen LogP contribution in [0.4, 0.5) is 0 Å². The summed E-state index contributed by atoms with van der Waals surface area (Å²) in [5.41, 5.74) is 11.4. The van der Waals surface area contributed by atoms with Crippen LogP contribution in [0.5, 0.6) is 0 Å². The highest BCUT2D eigenvalue weighted by molar-refractivity contribution is 6.30. The Hall–Kier alpha value is -2.32. The number of rotatable bonds is 7. The summed E-state index contributed by atoms with van der Waals surface area (Å²) in [6, 6.07) is 16.4. The topological polar surface area (TPSA) is 38.4 Å². The van der Waals surface area contributed by atoms with E-state index in [0.717, 1.165) is 22.6 Å². The van der Waals surface area contributed by atoms with Crippen molar-refractivity contribution in [2.75, 3.05) is 0 Å². The van der Waals surface area contributed by atoms with E-state index in [1.807, 2.05) is 30.5 Å². The van der Waals surface area contributed by atoms with E-state index in [0.29, 0.717) is 12.2 Å². The lowest BCUT2D eigenvalue weighted by Crippen LogP contribution is -2.08. The predicted molar refractivity (Wildman–Crippen MR) is 109 cm³/mol. The zero-order valence-corrected chi connectivity index (χ0v) is 15.6. The van der Waals surface area contributed by atoms with Crippen LogP contribution < -0.4 is 5.73 Å². The smallest absolute Gasteiger partial charge is 0.0639 e. The molecular formula is C22H25ClN2. The molecule has 0 aliphatic carbocycles. The molecule has 0 heterocycles. The van der Waals surface area contributed by atoms with Crippen molar-refractivity contribution >= 4 is 17.8 Å². The highest BCUT2D eigenvalue weighted by Crippen LogP contribution is 2.25. The lowest BCUT2D eigenvalue weighted by Gasteiger charge is -2.15. The average Bonchev–Trinajstić information content (AvgIpc) is 2.65. The van der Waals surface area contributed by atoms with Crippen molar-refractivity contribution in [2.45, 2.75) is 32.7 Å². The van der Waals surface area contributed by atoms with E-state index in [9.17, 15) is 0 Å². The lowest BCUT2D eigenvalue weighted by molar-refractivity contribution is 0.920. The molecule has 0 amide bonds. The molecule has 0 aromatic heterocycles. The number of aryl methyl sites for hydroxylation is 1. The molecule has 0 bridgehead atoms. The van der Waals surface area contributed by atoms with Crippen LogP contribution >= 0.6 is 11.6 Å². The Labute approximate surface area is 155 Å². The van der Waals surface area contributed by atoms with Gasteiger partial charge in [-0.05, 0) is 41.3 Å². The third kappa shape index (κ3) is 5.33. The monoisotopic (exact) mass is 352 g/mol. The van der Waals surface area contributed by atoms with Crippen LogP contribution in [0.3, 0.4) is 0 Å². The van der Waals surface area contributed by atoms with Gasteiger partial charge in [0.15, 0.2) is 0 Å². The standard InChI is InChI=1S/C22H25ClN2/c1-4-17-6-8-18(9-7-17)14-25-15-21(22(24)5-2)16(3)19-10-12-20(23)13-11-19/h5-13,15-16H,2,4,14,24H2,1,3H3. The summed E-state index contributed by atoms with van der Waals surface area (Å²) in [6.45, 7) is 8.68.